The molecule has 1 heterocycles. The molecule has 4 nitrogen and oxygen atoms in total. The SMILES string of the molecule is CCOc1ccc(-c2nc(CSCC(=O)Nc3ccc(C)cc3C)cs2)cc1. The van der Waals surface area contributed by atoms with Crippen LogP contribution in [-0.4, -0.2) is 23.3 Å². The number of nitrogens with one attached hydrogen (secondary N) is 1. The zero-order valence-corrected chi connectivity index (χ0v) is 18.0. The average molecular weight is 413 g/mol. The molecule has 0 unspecified atom stereocenters. The quantitative estimate of drug-likeness (QED) is 0.516. The van der Waals surface area contributed by atoms with E-state index >= 15 is 0 Å². The van der Waals surface area contributed by atoms with Crippen molar-refractivity contribution >= 4 is 34.7 Å². The van der Waals surface area contributed by atoms with Gasteiger partial charge in [0.2, 0.25) is 5.91 Å². The fourth-order valence-electron chi connectivity index (χ4n) is 2.75. The van der Waals surface area contributed by atoms with Crippen LogP contribution in [0.5, 0.6) is 5.75 Å². The molecule has 1 aromatic heterocycles. The predicted octanol–water partition coefficient (Wildman–Crippen LogP) is 5.70. The van der Waals surface area contributed by atoms with Gasteiger partial charge in [-0.25, -0.2) is 4.98 Å². The van der Waals surface area contributed by atoms with Gasteiger partial charge in [-0.2, -0.15) is 0 Å². The highest BCUT2D eigenvalue weighted by atomic mass is 32.2. The van der Waals surface area contributed by atoms with Crippen LogP contribution in [0, 0.1) is 13.8 Å². The Morgan fingerprint density at radius 1 is 1.18 bits per heavy atom. The second-order valence-corrected chi connectivity index (χ2v) is 8.30. The second-order valence-electron chi connectivity index (χ2n) is 6.46. The maximum Gasteiger partial charge on any atom is 0.234 e. The molecule has 3 rings (SSSR count). The summed E-state index contributed by atoms with van der Waals surface area (Å²) in [6.07, 6.45) is 0. The number of anilines is 1. The number of carbonyl (C=O) groups excluding carboxylic acids is 1. The number of thioether (sulfide) groups is 1. The number of aromatic nitrogens is 1. The van der Waals surface area contributed by atoms with Crippen molar-refractivity contribution in [3.05, 3.63) is 64.7 Å². The highest BCUT2D eigenvalue weighted by molar-refractivity contribution is 7.99. The molecule has 0 aliphatic rings. The Balaban J connectivity index is 1.49. The van der Waals surface area contributed by atoms with Crippen molar-refractivity contribution in [3.63, 3.8) is 0 Å². The van der Waals surface area contributed by atoms with Crippen LogP contribution >= 0.6 is 23.1 Å². The first kappa shape index (κ1) is 20.4. The first-order valence-electron chi connectivity index (χ1n) is 9.17. The first-order valence-corrected chi connectivity index (χ1v) is 11.2. The van der Waals surface area contributed by atoms with Gasteiger partial charge >= 0.3 is 0 Å². The molecule has 0 fully saturated rings. The molecule has 28 heavy (non-hydrogen) atoms. The molecular weight excluding hydrogens is 388 g/mol. The number of rotatable bonds is 8. The highest BCUT2D eigenvalue weighted by Gasteiger charge is 2.08. The van der Waals surface area contributed by atoms with Gasteiger partial charge in [-0.3, -0.25) is 4.79 Å². The van der Waals surface area contributed by atoms with Crippen molar-refractivity contribution in [2.75, 3.05) is 17.7 Å². The molecule has 3 aromatic rings. The van der Waals surface area contributed by atoms with Crippen LogP contribution in [0.2, 0.25) is 0 Å². The van der Waals surface area contributed by atoms with Crippen molar-refractivity contribution < 1.29 is 9.53 Å². The third kappa shape index (κ3) is 5.59. The number of ether oxygens (including phenoxy) is 1. The number of thiazole rings is 1. The van der Waals surface area contributed by atoms with Crippen LogP contribution in [-0.2, 0) is 10.5 Å². The zero-order chi connectivity index (χ0) is 19.9. The van der Waals surface area contributed by atoms with Crippen LogP contribution < -0.4 is 10.1 Å². The third-order valence-corrected chi connectivity index (χ3v) is 6.01. The lowest BCUT2D eigenvalue weighted by Crippen LogP contribution is -2.15. The maximum atomic E-state index is 12.2. The summed E-state index contributed by atoms with van der Waals surface area (Å²) in [5.41, 5.74) is 5.23. The normalized spacial score (nSPS) is 10.7. The summed E-state index contributed by atoms with van der Waals surface area (Å²) in [5.74, 6) is 2.00. The van der Waals surface area contributed by atoms with E-state index in [0.29, 0.717) is 18.1 Å². The predicted molar refractivity (Wildman–Crippen MR) is 119 cm³/mol. The minimum atomic E-state index is 0.0129. The molecular formula is C22H24N2O2S2. The summed E-state index contributed by atoms with van der Waals surface area (Å²) in [4.78, 5) is 16.9. The number of aryl methyl sites for hydroxylation is 2. The first-order chi connectivity index (χ1) is 13.5. The molecule has 0 aliphatic carbocycles. The Morgan fingerprint density at radius 2 is 1.96 bits per heavy atom. The van der Waals surface area contributed by atoms with Gasteiger partial charge < -0.3 is 10.1 Å². The molecule has 0 saturated carbocycles. The van der Waals surface area contributed by atoms with Gasteiger partial charge in [-0.15, -0.1) is 23.1 Å². The number of amides is 1. The zero-order valence-electron chi connectivity index (χ0n) is 16.3. The van der Waals surface area contributed by atoms with Crippen molar-refractivity contribution in [1.29, 1.82) is 0 Å². The largest absolute Gasteiger partial charge is 0.494 e. The summed E-state index contributed by atoms with van der Waals surface area (Å²) in [6.45, 7) is 6.69. The molecule has 6 heteroatoms. The smallest absolute Gasteiger partial charge is 0.234 e. The van der Waals surface area contributed by atoms with Crippen LogP contribution in [0.25, 0.3) is 10.6 Å². The maximum absolute atomic E-state index is 12.2. The number of nitrogens with zero attached hydrogens (tertiary/aromatic N) is 1. The molecule has 1 amide bonds. The van der Waals surface area contributed by atoms with Gasteiger partial charge in [0.1, 0.15) is 10.8 Å². The lowest BCUT2D eigenvalue weighted by atomic mass is 10.1. The summed E-state index contributed by atoms with van der Waals surface area (Å²) in [6, 6.07) is 14.0. The van der Waals surface area contributed by atoms with E-state index in [9.17, 15) is 4.79 Å². The summed E-state index contributed by atoms with van der Waals surface area (Å²) < 4.78 is 5.47. The Morgan fingerprint density at radius 3 is 2.68 bits per heavy atom. The number of benzene rings is 2. The highest BCUT2D eigenvalue weighted by Crippen LogP contribution is 2.27. The van der Waals surface area contributed by atoms with Crippen LogP contribution in [0.4, 0.5) is 5.69 Å². The van der Waals surface area contributed by atoms with E-state index in [2.05, 4.69) is 21.7 Å². The van der Waals surface area contributed by atoms with E-state index < -0.39 is 0 Å². The molecule has 2 aromatic carbocycles. The second kappa shape index (κ2) is 9.75. The summed E-state index contributed by atoms with van der Waals surface area (Å²) in [5, 5.41) is 6.02. The molecule has 0 atom stereocenters. The molecule has 146 valence electrons. The van der Waals surface area contributed by atoms with Gasteiger partial charge in [-0.1, -0.05) is 17.7 Å². The van der Waals surface area contributed by atoms with Crippen LogP contribution in [0.1, 0.15) is 23.7 Å². The van der Waals surface area contributed by atoms with Gasteiger partial charge in [0.05, 0.1) is 18.1 Å². The Bertz CT molecular complexity index is 936. The Labute approximate surface area is 174 Å². The van der Waals surface area contributed by atoms with Crippen LogP contribution in [0.15, 0.2) is 47.8 Å². The minimum absolute atomic E-state index is 0.0129. The van der Waals surface area contributed by atoms with E-state index in [0.717, 1.165) is 33.3 Å². The monoisotopic (exact) mass is 412 g/mol. The summed E-state index contributed by atoms with van der Waals surface area (Å²) >= 11 is 3.19. The van der Waals surface area contributed by atoms with E-state index in [1.54, 1.807) is 23.1 Å². The Kier molecular flexibility index (Phi) is 7.12. The minimum Gasteiger partial charge on any atom is -0.494 e. The lowest BCUT2D eigenvalue weighted by Gasteiger charge is -2.08. The fraction of sp³-hybridized carbons (Fsp3) is 0.273. The van der Waals surface area contributed by atoms with E-state index in [-0.39, 0.29) is 5.91 Å². The number of hydrogen-bond acceptors (Lipinski definition) is 5. The fourth-order valence-corrected chi connectivity index (χ4v) is 4.40. The molecule has 0 radical (unpaired) electrons. The van der Waals surface area contributed by atoms with Crippen molar-refractivity contribution in [3.8, 4) is 16.3 Å². The molecule has 0 bridgehead atoms. The Hall–Kier alpha value is -2.31. The number of hydrogen-bond donors (Lipinski definition) is 1. The molecule has 0 spiro atoms. The van der Waals surface area contributed by atoms with Crippen LogP contribution in [0.3, 0.4) is 0 Å². The lowest BCUT2D eigenvalue weighted by molar-refractivity contribution is -0.113. The molecule has 1 N–H and O–H groups in total. The van der Waals surface area contributed by atoms with E-state index in [1.807, 2.05) is 57.2 Å². The number of carbonyl (C=O) groups is 1. The molecule has 0 aliphatic heterocycles. The third-order valence-electron chi connectivity index (χ3n) is 4.10. The summed E-state index contributed by atoms with van der Waals surface area (Å²) in [7, 11) is 0. The molecule has 0 saturated heterocycles. The van der Waals surface area contributed by atoms with Gasteiger partial charge in [0, 0.05) is 22.4 Å². The average Bonchev–Trinajstić information content (AvgIpc) is 3.14. The van der Waals surface area contributed by atoms with Gasteiger partial charge in [-0.05, 0) is 56.7 Å². The standard InChI is InChI=1S/C22H24N2O2S2/c1-4-26-19-8-6-17(7-9-19)22-23-18(13-28-22)12-27-14-21(25)24-20-10-5-15(2)11-16(20)3/h5-11,13H,4,12,14H2,1-3H3,(H,24,25). The van der Waals surface area contributed by atoms with Gasteiger partial charge in [0.25, 0.3) is 0 Å². The topological polar surface area (TPSA) is 51.2 Å². The van der Waals surface area contributed by atoms with Gasteiger partial charge in [0.15, 0.2) is 0 Å². The van der Waals surface area contributed by atoms with Crippen molar-refractivity contribution in [2.24, 2.45) is 0 Å². The van der Waals surface area contributed by atoms with Crippen molar-refractivity contribution in [2.45, 2.75) is 26.5 Å². The van der Waals surface area contributed by atoms with E-state index in [1.165, 1.54) is 5.56 Å². The van der Waals surface area contributed by atoms with E-state index in [4.69, 9.17) is 4.74 Å². The van der Waals surface area contributed by atoms with Crippen molar-refractivity contribution in [1.82, 2.24) is 4.98 Å².